The average Bonchev–Trinajstić information content (AvgIpc) is 3.63. The van der Waals surface area contributed by atoms with Crippen LogP contribution < -0.4 is 4.90 Å². The molecule has 0 fully saturated rings. The molecular weight excluding hydrogens is 789 g/mol. The molecule has 1 aliphatic rings. The minimum absolute atomic E-state index is 0.500. The molecule has 4 heteroatoms. The molecular formula is C61H46N4. The van der Waals surface area contributed by atoms with Crippen molar-refractivity contribution >= 4 is 17.1 Å². The van der Waals surface area contributed by atoms with Gasteiger partial charge in [-0.25, -0.2) is 15.0 Å². The molecule has 11 rings (SSSR count). The molecule has 9 aromatic carbocycles. The lowest BCUT2D eigenvalue weighted by molar-refractivity contribution is 0.714. The summed E-state index contributed by atoms with van der Waals surface area (Å²) in [5, 5.41) is 0. The van der Waals surface area contributed by atoms with Gasteiger partial charge in [0.25, 0.3) is 0 Å². The summed E-state index contributed by atoms with van der Waals surface area (Å²) in [5.41, 5.74) is 19.0. The fourth-order valence-electron chi connectivity index (χ4n) is 9.66. The van der Waals surface area contributed by atoms with Crippen molar-refractivity contribution in [2.45, 2.75) is 26.2 Å². The Morgan fingerprint density at radius 1 is 0.338 bits per heavy atom. The fourth-order valence-corrected chi connectivity index (χ4v) is 9.66. The molecule has 1 heterocycles. The molecule has 65 heavy (non-hydrogen) atoms. The topological polar surface area (TPSA) is 41.9 Å². The van der Waals surface area contributed by atoms with Crippen molar-refractivity contribution in [2.75, 3.05) is 4.90 Å². The van der Waals surface area contributed by atoms with Gasteiger partial charge in [0.15, 0.2) is 17.5 Å². The Labute approximate surface area is 381 Å². The summed E-state index contributed by atoms with van der Waals surface area (Å²) in [6.45, 7) is 6.84. The van der Waals surface area contributed by atoms with Gasteiger partial charge in [-0.15, -0.1) is 0 Å². The van der Waals surface area contributed by atoms with Crippen LogP contribution in [0.5, 0.6) is 0 Å². The van der Waals surface area contributed by atoms with Gasteiger partial charge in [-0.2, -0.15) is 0 Å². The van der Waals surface area contributed by atoms with E-state index < -0.39 is 5.41 Å². The first-order chi connectivity index (χ1) is 31.9. The average molecular weight is 835 g/mol. The quantitative estimate of drug-likeness (QED) is 0.145. The number of benzene rings is 9. The highest BCUT2D eigenvalue weighted by molar-refractivity contribution is 5.90. The summed E-state index contributed by atoms with van der Waals surface area (Å²) in [5.74, 6) is 1.93. The number of aryl methyl sites for hydroxylation is 2. The Morgan fingerprint density at radius 3 is 1.18 bits per heavy atom. The SMILES string of the molecule is Cc1cc(-c2ccccc2)ccc1N(c1ccc2c(c1)C(C)(c1ccccc1)c1cc(-c3nc(-c4ccccc4)nc(-c4ccccc4)n3)ccc1-2)c1ccc(-c2ccccc2)cc1C. The van der Waals surface area contributed by atoms with E-state index in [1.54, 1.807) is 0 Å². The van der Waals surface area contributed by atoms with Crippen molar-refractivity contribution in [1.29, 1.82) is 0 Å². The number of hydrogen-bond donors (Lipinski definition) is 0. The standard InChI is InChI=1S/C61H46N4/c1-41-37-47(43-19-9-4-10-20-43)30-35-56(41)65(57-36-31-48(38-42(57)2)44-21-11-5-12-22-44)51-32-34-53-52-33-29-49(39-54(52)61(3,55(53)40-51)50-27-17-8-18-28-50)60-63-58(45-23-13-6-14-24-45)62-59(64-60)46-25-15-7-16-26-46/h4-40H,1-3H3. The largest absolute Gasteiger partial charge is 0.310 e. The highest BCUT2D eigenvalue weighted by atomic mass is 15.1. The van der Waals surface area contributed by atoms with E-state index in [1.807, 2.05) is 36.4 Å². The van der Waals surface area contributed by atoms with Crippen molar-refractivity contribution in [2.24, 2.45) is 0 Å². The minimum atomic E-state index is -0.500. The third kappa shape index (κ3) is 7.19. The van der Waals surface area contributed by atoms with Gasteiger partial charge < -0.3 is 4.90 Å². The van der Waals surface area contributed by atoms with Gasteiger partial charge in [-0.3, -0.25) is 0 Å². The molecule has 1 aromatic heterocycles. The van der Waals surface area contributed by atoms with Crippen LogP contribution in [-0.2, 0) is 5.41 Å². The molecule has 0 spiro atoms. The zero-order chi connectivity index (χ0) is 43.9. The molecule has 1 unspecified atom stereocenters. The maximum atomic E-state index is 5.14. The predicted octanol–water partition coefficient (Wildman–Crippen LogP) is 15.6. The second kappa shape index (κ2) is 16.5. The summed E-state index contributed by atoms with van der Waals surface area (Å²) in [6.07, 6.45) is 0. The van der Waals surface area contributed by atoms with E-state index in [0.717, 1.165) is 33.8 Å². The van der Waals surface area contributed by atoms with Crippen LogP contribution in [0.25, 0.3) is 67.5 Å². The lowest BCUT2D eigenvalue weighted by Gasteiger charge is -2.32. The highest BCUT2D eigenvalue weighted by Gasteiger charge is 2.42. The maximum Gasteiger partial charge on any atom is 0.164 e. The first-order valence-electron chi connectivity index (χ1n) is 22.3. The lowest BCUT2D eigenvalue weighted by Crippen LogP contribution is -2.23. The van der Waals surface area contributed by atoms with Crippen LogP contribution in [-0.4, -0.2) is 15.0 Å². The van der Waals surface area contributed by atoms with Gasteiger partial charge in [0.1, 0.15) is 0 Å². The molecule has 0 radical (unpaired) electrons. The number of nitrogens with zero attached hydrogens (tertiary/aromatic N) is 4. The Balaban J connectivity index is 1.08. The normalized spacial score (nSPS) is 13.8. The van der Waals surface area contributed by atoms with Crippen molar-refractivity contribution in [3.63, 3.8) is 0 Å². The molecule has 0 saturated carbocycles. The maximum absolute atomic E-state index is 5.14. The van der Waals surface area contributed by atoms with Gasteiger partial charge in [-0.1, -0.05) is 182 Å². The van der Waals surface area contributed by atoms with E-state index >= 15 is 0 Å². The molecule has 4 nitrogen and oxygen atoms in total. The smallest absolute Gasteiger partial charge is 0.164 e. The third-order valence-electron chi connectivity index (χ3n) is 13.0. The Hall–Kier alpha value is -8.21. The van der Waals surface area contributed by atoms with Crippen LogP contribution in [0, 0.1) is 13.8 Å². The van der Waals surface area contributed by atoms with Gasteiger partial charge in [0.05, 0.1) is 0 Å². The Morgan fingerprint density at radius 2 is 0.723 bits per heavy atom. The molecule has 10 aromatic rings. The second-order valence-corrected chi connectivity index (χ2v) is 17.1. The van der Waals surface area contributed by atoms with Crippen molar-refractivity contribution in [3.8, 4) is 67.5 Å². The first-order valence-corrected chi connectivity index (χ1v) is 22.3. The van der Waals surface area contributed by atoms with Crippen molar-refractivity contribution in [3.05, 3.63) is 252 Å². The van der Waals surface area contributed by atoms with Gasteiger partial charge in [-0.05, 0) is 124 Å². The molecule has 1 atom stereocenters. The molecule has 310 valence electrons. The first kappa shape index (κ1) is 39.6. The zero-order valence-corrected chi connectivity index (χ0v) is 36.7. The van der Waals surface area contributed by atoms with Crippen molar-refractivity contribution < 1.29 is 0 Å². The summed E-state index contributed by atoms with van der Waals surface area (Å²) in [6, 6.07) is 80.1. The fraction of sp³-hybridized carbons (Fsp3) is 0.0656. The molecule has 0 aliphatic heterocycles. The number of anilines is 3. The van der Waals surface area contributed by atoms with Crippen LogP contribution in [0.15, 0.2) is 224 Å². The van der Waals surface area contributed by atoms with E-state index in [2.05, 4.69) is 214 Å². The van der Waals surface area contributed by atoms with Crippen LogP contribution in [0.4, 0.5) is 17.1 Å². The monoisotopic (exact) mass is 834 g/mol. The summed E-state index contributed by atoms with van der Waals surface area (Å²) in [4.78, 5) is 17.7. The van der Waals surface area contributed by atoms with E-state index in [0.29, 0.717) is 17.5 Å². The van der Waals surface area contributed by atoms with Crippen LogP contribution in [0.1, 0.15) is 34.7 Å². The minimum Gasteiger partial charge on any atom is -0.310 e. The molecule has 0 amide bonds. The summed E-state index contributed by atoms with van der Waals surface area (Å²) in [7, 11) is 0. The lowest BCUT2D eigenvalue weighted by atomic mass is 9.74. The van der Waals surface area contributed by atoms with Crippen LogP contribution >= 0.6 is 0 Å². The van der Waals surface area contributed by atoms with Crippen molar-refractivity contribution in [1.82, 2.24) is 15.0 Å². The highest BCUT2D eigenvalue weighted by Crippen LogP contribution is 2.55. The predicted molar refractivity (Wildman–Crippen MR) is 269 cm³/mol. The van der Waals surface area contributed by atoms with Gasteiger partial charge in [0.2, 0.25) is 0 Å². The summed E-state index contributed by atoms with van der Waals surface area (Å²) < 4.78 is 0. The van der Waals surface area contributed by atoms with E-state index in [1.165, 1.54) is 61.2 Å². The van der Waals surface area contributed by atoms with E-state index in [-0.39, 0.29) is 0 Å². The van der Waals surface area contributed by atoms with Crippen LogP contribution in [0.2, 0.25) is 0 Å². The number of aromatic nitrogens is 3. The molecule has 0 N–H and O–H groups in total. The number of hydrogen-bond acceptors (Lipinski definition) is 4. The third-order valence-corrected chi connectivity index (χ3v) is 13.0. The molecule has 0 saturated heterocycles. The summed E-state index contributed by atoms with van der Waals surface area (Å²) >= 11 is 0. The number of fused-ring (bicyclic) bond motifs is 3. The number of rotatable bonds is 9. The molecule has 1 aliphatic carbocycles. The van der Waals surface area contributed by atoms with Gasteiger partial charge >= 0.3 is 0 Å². The Kier molecular flexibility index (Phi) is 10.1. The van der Waals surface area contributed by atoms with Gasteiger partial charge in [0, 0.05) is 39.2 Å². The molecule has 0 bridgehead atoms. The van der Waals surface area contributed by atoms with Crippen LogP contribution in [0.3, 0.4) is 0 Å². The zero-order valence-electron chi connectivity index (χ0n) is 36.7. The Bertz CT molecular complexity index is 3190. The second-order valence-electron chi connectivity index (χ2n) is 17.1. The van der Waals surface area contributed by atoms with E-state index in [9.17, 15) is 0 Å². The van der Waals surface area contributed by atoms with E-state index in [4.69, 9.17) is 15.0 Å².